The Morgan fingerprint density at radius 2 is 2.06 bits per heavy atom. The van der Waals surface area contributed by atoms with Crippen LogP contribution in [0.3, 0.4) is 0 Å². The van der Waals surface area contributed by atoms with Crippen molar-refractivity contribution in [2.75, 3.05) is 5.73 Å². The van der Waals surface area contributed by atoms with Crippen molar-refractivity contribution in [3.05, 3.63) is 65.2 Å². The van der Waals surface area contributed by atoms with E-state index in [2.05, 4.69) is 14.6 Å². The van der Waals surface area contributed by atoms with Gasteiger partial charge in [-0.05, 0) is 49.9 Å². The second-order valence-corrected chi connectivity index (χ2v) is 8.93. The molecule has 7 nitrogen and oxygen atoms in total. The number of anilines is 1. The summed E-state index contributed by atoms with van der Waals surface area (Å²) in [6, 6.07) is 6.52. The molecule has 168 valence electrons. The molecule has 1 saturated carbocycles. The molecule has 1 aromatic carbocycles. The van der Waals surface area contributed by atoms with Gasteiger partial charge in [-0.25, -0.2) is 14.4 Å². The monoisotopic (exact) mass is 445 g/mol. The zero-order valence-electron chi connectivity index (χ0n) is 18.5. The minimum Gasteiger partial charge on any atom is -0.482 e. The van der Waals surface area contributed by atoms with E-state index in [1.165, 1.54) is 25.0 Å². The van der Waals surface area contributed by atoms with Gasteiger partial charge in [-0.15, -0.1) is 0 Å². The number of nitrogens with two attached hydrogens (primary N) is 1. The first kappa shape index (κ1) is 20.0. The minimum absolute atomic E-state index is 0.284. The number of oxazole rings is 1. The van der Waals surface area contributed by atoms with Crippen molar-refractivity contribution < 1.29 is 13.5 Å². The second-order valence-electron chi connectivity index (χ2n) is 8.93. The number of fused-ring (bicyclic) bond motifs is 7. The summed E-state index contributed by atoms with van der Waals surface area (Å²) in [6.45, 7) is 4.54. The van der Waals surface area contributed by atoms with Crippen molar-refractivity contribution in [2.45, 2.75) is 45.8 Å². The van der Waals surface area contributed by atoms with Crippen LogP contribution in [0, 0.1) is 18.7 Å². The van der Waals surface area contributed by atoms with Crippen molar-refractivity contribution in [3.63, 3.8) is 0 Å². The largest absolute Gasteiger partial charge is 0.482 e. The van der Waals surface area contributed by atoms with E-state index in [4.69, 9.17) is 20.0 Å². The third kappa shape index (κ3) is 3.55. The number of hydrogen-bond acceptors (Lipinski definition) is 6. The molecule has 1 atom stereocenters. The zero-order chi connectivity index (χ0) is 22.7. The van der Waals surface area contributed by atoms with Crippen LogP contribution in [0.15, 0.2) is 41.1 Å². The van der Waals surface area contributed by atoms with E-state index in [-0.39, 0.29) is 11.6 Å². The molecular formula is C25H24FN5O2. The molecule has 0 radical (unpaired) electrons. The van der Waals surface area contributed by atoms with Gasteiger partial charge in [0.2, 0.25) is 0 Å². The number of halogens is 1. The first-order valence-corrected chi connectivity index (χ1v) is 11.2. The summed E-state index contributed by atoms with van der Waals surface area (Å²) in [5.74, 6) is 2.21. The number of aromatic nitrogens is 4. The Hall–Kier alpha value is -3.68. The van der Waals surface area contributed by atoms with Crippen molar-refractivity contribution in [1.82, 2.24) is 19.7 Å². The summed E-state index contributed by atoms with van der Waals surface area (Å²) in [5.41, 5.74) is 11.2. The average molecular weight is 445 g/mol. The molecule has 3 aromatic heterocycles. The molecule has 4 aromatic rings. The van der Waals surface area contributed by atoms with Gasteiger partial charge in [0.05, 0.1) is 17.6 Å². The maximum absolute atomic E-state index is 14.3. The molecule has 1 aliphatic heterocycles. The Labute approximate surface area is 190 Å². The van der Waals surface area contributed by atoms with Crippen LogP contribution in [0.5, 0.6) is 5.75 Å². The lowest BCUT2D eigenvalue weighted by Crippen LogP contribution is -2.10. The van der Waals surface area contributed by atoms with Crippen LogP contribution in [0.2, 0.25) is 0 Å². The Kier molecular flexibility index (Phi) is 4.50. The number of nitrogen functional groups attached to an aromatic ring is 1. The van der Waals surface area contributed by atoms with Crippen LogP contribution in [0.4, 0.5) is 10.2 Å². The van der Waals surface area contributed by atoms with Crippen molar-refractivity contribution in [2.24, 2.45) is 5.92 Å². The van der Waals surface area contributed by atoms with Gasteiger partial charge >= 0.3 is 0 Å². The van der Waals surface area contributed by atoms with E-state index in [1.54, 1.807) is 12.3 Å². The molecule has 0 spiro atoms. The molecule has 1 unspecified atom stereocenters. The number of hydrogen-bond donors (Lipinski definition) is 1. The summed E-state index contributed by atoms with van der Waals surface area (Å²) in [7, 11) is 0. The van der Waals surface area contributed by atoms with Crippen molar-refractivity contribution in [3.8, 4) is 28.3 Å². The van der Waals surface area contributed by atoms with Crippen LogP contribution in [0.25, 0.3) is 22.6 Å². The molecule has 0 amide bonds. The number of benzene rings is 1. The molecule has 33 heavy (non-hydrogen) atoms. The van der Waals surface area contributed by atoms with Gasteiger partial charge < -0.3 is 14.9 Å². The Balaban J connectivity index is 1.60. The fraction of sp³-hybridized carbons (Fsp3) is 0.320. The molecule has 2 aliphatic rings. The smallest absolute Gasteiger partial charge is 0.192 e. The third-order valence-corrected chi connectivity index (χ3v) is 6.36. The Morgan fingerprint density at radius 1 is 1.21 bits per heavy atom. The molecule has 1 fully saturated rings. The SMILES string of the molecule is Cc1nc2c(o1)-c1ccc(F)cc1C(C)Oc1cc(cnc1N)-c1c(cnn1CC1CC1)C2. The van der Waals surface area contributed by atoms with Gasteiger partial charge in [0.25, 0.3) is 0 Å². The van der Waals surface area contributed by atoms with Crippen LogP contribution in [0.1, 0.15) is 48.6 Å². The Morgan fingerprint density at radius 3 is 2.88 bits per heavy atom. The van der Waals surface area contributed by atoms with E-state index >= 15 is 0 Å². The molecule has 2 bridgehead atoms. The Bertz CT molecular complexity index is 1370. The number of nitrogens with zero attached hydrogens (tertiary/aromatic N) is 4. The van der Waals surface area contributed by atoms with E-state index in [1.807, 2.05) is 26.1 Å². The first-order chi connectivity index (χ1) is 16.0. The number of ether oxygens (including phenoxy) is 1. The third-order valence-electron chi connectivity index (χ3n) is 6.36. The molecule has 2 N–H and O–H groups in total. The number of rotatable bonds is 2. The van der Waals surface area contributed by atoms with E-state index in [9.17, 15) is 4.39 Å². The molecule has 0 saturated heterocycles. The topological polar surface area (TPSA) is 92.0 Å². The predicted molar refractivity (Wildman–Crippen MR) is 121 cm³/mol. The van der Waals surface area contributed by atoms with E-state index in [0.29, 0.717) is 35.3 Å². The molecular weight excluding hydrogens is 421 g/mol. The van der Waals surface area contributed by atoms with E-state index < -0.39 is 6.10 Å². The average Bonchev–Trinajstić information content (AvgIpc) is 3.41. The summed E-state index contributed by atoms with van der Waals surface area (Å²) >= 11 is 0. The number of pyridine rings is 1. The van der Waals surface area contributed by atoms with Gasteiger partial charge in [0, 0.05) is 48.3 Å². The number of aryl methyl sites for hydroxylation is 1. The zero-order valence-corrected chi connectivity index (χ0v) is 18.5. The summed E-state index contributed by atoms with van der Waals surface area (Å²) in [4.78, 5) is 9.08. The standard InChI is InChI=1S/C25H24FN5O2/c1-13-20-9-18(26)5-6-19(20)24-21(30-14(2)33-24)7-16-11-29-31(12-15-3-4-15)23(16)17-8-22(32-13)25(27)28-10-17/h5-6,8-11,13,15H,3-4,7,12H2,1-2H3,(H2,27,28). The lowest BCUT2D eigenvalue weighted by Gasteiger charge is -2.20. The highest BCUT2D eigenvalue weighted by atomic mass is 19.1. The quantitative estimate of drug-likeness (QED) is 0.462. The molecule has 6 rings (SSSR count). The van der Waals surface area contributed by atoms with Gasteiger partial charge in [0.1, 0.15) is 11.9 Å². The highest BCUT2D eigenvalue weighted by Gasteiger charge is 2.28. The summed E-state index contributed by atoms with van der Waals surface area (Å²) in [6.07, 6.45) is 6.12. The second kappa shape index (κ2) is 7.43. The van der Waals surface area contributed by atoms with Crippen molar-refractivity contribution >= 4 is 5.82 Å². The van der Waals surface area contributed by atoms with Gasteiger partial charge in [-0.1, -0.05) is 0 Å². The van der Waals surface area contributed by atoms with Gasteiger partial charge in [0.15, 0.2) is 23.2 Å². The summed E-state index contributed by atoms with van der Waals surface area (Å²) < 4.78 is 28.6. The lowest BCUT2D eigenvalue weighted by molar-refractivity contribution is 0.227. The van der Waals surface area contributed by atoms with Gasteiger partial charge in [-0.2, -0.15) is 5.10 Å². The maximum atomic E-state index is 14.3. The normalized spacial score (nSPS) is 17.2. The first-order valence-electron chi connectivity index (χ1n) is 11.2. The van der Waals surface area contributed by atoms with Crippen molar-refractivity contribution in [1.29, 1.82) is 0 Å². The highest BCUT2D eigenvalue weighted by Crippen LogP contribution is 2.40. The maximum Gasteiger partial charge on any atom is 0.192 e. The van der Waals surface area contributed by atoms with E-state index in [0.717, 1.165) is 34.6 Å². The minimum atomic E-state index is -0.497. The van der Waals surface area contributed by atoms with Crippen LogP contribution < -0.4 is 10.5 Å². The molecule has 1 aliphatic carbocycles. The lowest BCUT2D eigenvalue weighted by atomic mass is 9.97. The highest BCUT2D eigenvalue weighted by molar-refractivity contribution is 5.70. The fourth-order valence-corrected chi connectivity index (χ4v) is 4.56. The van der Waals surface area contributed by atoms with Crippen LogP contribution in [-0.2, 0) is 13.0 Å². The molecule has 4 heterocycles. The van der Waals surface area contributed by atoms with Crippen LogP contribution >= 0.6 is 0 Å². The predicted octanol–water partition coefficient (Wildman–Crippen LogP) is 5.08. The molecule has 8 heteroatoms. The fourth-order valence-electron chi connectivity index (χ4n) is 4.56. The van der Waals surface area contributed by atoms with Gasteiger partial charge in [-0.3, -0.25) is 4.68 Å². The summed E-state index contributed by atoms with van der Waals surface area (Å²) in [5, 5.41) is 4.70. The van der Waals surface area contributed by atoms with Crippen LogP contribution in [-0.4, -0.2) is 19.7 Å².